The van der Waals surface area contributed by atoms with Crippen molar-refractivity contribution in [2.24, 2.45) is 0 Å². The Kier molecular flexibility index (Phi) is 7.48. The molecule has 0 heterocycles. The van der Waals surface area contributed by atoms with Gasteiger partial charge in [0.1, 0.15) is 9.79 Å². The molecule has 0 aliphatic carbocycles. The molecule has 0 saturated heterocycles. The van der Waals surface area contributed by atoms with Gasteiger partial charge in [-0.3, -0.25) is 9.11 Å². The number of hydrogen-bond donors (Lipinski definition) is 4. The summed E-state index contributed by atoms with van der Waals surface area (Å²) in [6, 6.07) is 16.0. The molecule has 3 aromatic carbocycles. The Morgan fingerprint density at radius 1 is 0.625 bits per heavy atom. The van der Waals surface area contributed by atoms with Crippen molar-refractivity contribution >= 4 is 30.4 Å². The number of para-hydroxylation sites is 2. The lowest BCUT2D eigenvalue weighted by atomic mass is 10.3. The molecule has 0 amide bonds. The maximum absolute atomic E-state index is 12.1. The average molecular weight is 505 g/mol. The minimum absolute atomic E-state index is 0.0703. The number of phenolic OH excluding ortho intramolecular Hbond substituents is 2. The third-order valence-corrected chi connectivity index (χ3v) is 6.73. The summed E-state index contributed by atoms with van der Waals surface area (Å²) in [5.74, 6) is -1.76. The van der Waals surface area contributed by atoms with Gasteiger partial charge in [0.2, 0.25) is 9.84 Å². The van der Waals surface area contributed by atoms with Crippen molar-refractivity contribution in [1.82, 2.24) is 0 Å². The molecule has 0 aliphatic heterocycles. The van der Waals surface area contributed by atoms with Crippen LogP contribution in [0.15, 0.2) is 87.5 Å². The van der Waals surface area contributed by atoms with Crippen LogP contribution in [-0.2, 0) is 30.4 Å². The number of phenols is 2. The highest BCUT2D eigenvalue weighted by atomic mass is 32.3. The molecule has 172 valence electrons. The van der Waals surface area contributed by atoms with E-state index in [4.69, 9.17) is 9.11 Å². The van der Waals surface area contributed by atoms with Crippen LogP contribution in [0.4, 0.5) is 0 Å². The molecule has 3 rings (SSSR count). The lowest BCUT2D eigenvalue weighted by Gasteiger charge is -2.07. The summed E-state index contributed by atoms with van der Waals surface area (Å²) in [6.45, 7) is 0. The monoisotopic (exact) mass is 504 g/mol. The van der Waals surface area contributed by atoms with E-state index < -0.39 is 52.5 Å². The van der Waals surface area contributed by atoms with Crippen LogP contribution in [0.25, 0.3) is 0 Å². The quantitative estimate of drug-likeness (QED) is 0.293. The topological polar surface area (TPSA) is 193 Å². The van der Waals surface area contributed by atoms with Crippen LogP contribution in [0.3, 0.4) is 0 Å². The van der Waals surface area contributed by atoms with Gasteiger partial charge >= 0.3 is 10.4 Å². The zero-order chi connectivity index (χ0) is 24.2. The van der Waals surface area contributed by atoms with Crippen molar-refractivity contribution in [3.8, 4) is 17.2 Å². The largest absolute Gasteiger partial charge is 0.504 e. The number of aromatic hydroxyl groups is 2. The lowest BCUT2D eigenvalue weighted by Crippen LogP contribution is -2.10. The second kappa shape index (κ2) is 9.54. The molecule has 0 aliphatic rings. The Balaban J connectivity index is 0.000000229. The molecular formula is C18H16O11S3. The Bertz CT molecular complexity index is 1410. The summed E-state index contributed by atoms with van der Waals surface area (Å²) < 4.78 is 87.4. The molecule has 0 fully saturated rings. The van der Waals surface area contributed by atoms with E-state index in [1.807, 2.05) is 0 Å². The molecule has 0 bridgehead atoms. The highest BCUT2D eigenvalue weighted by molar-refractivity contribution is 7.91. The SMILES string of the molecule is O=S(=O)(O)Oc1ccccc1S(=O)(=O)O.O=S(=O)(c1ccccc1)c1cccc(O)c1O. The summed E-state index contributed by atoms with van der Waals surface area (Å²) in [4.78, 5) is -0.979. The molecule has 11 nitrogen and oxygen atoms in total. The first-order valence-electron chi connectivity index (χ1n) is 8.28. The Labute approximate surface area is 183 Å². The maximum Gasteiger partial charge on any atom is 0.446 e. The van der Waals surface area contributed by atoms with E-state index in [1.54, 1.807) is 18.2 Å². The Morgan fingerprint density at radius 3 is 1.72 bits per heavy atom. The first-order valence-corrected chi connectivity index (χ1v) is 12.6. The van der Waals surface area contributed by atoms with Crippen molar-refractivity contribution in [2.75, 3.05) is 0 Å². The van der Waals surface area contributed by atoms with E-state index in [0.717, 1.165) is 12.1 Å². The van der Waals surface area contributed by atoms with Gasteiger partial charge in [0.15, 0.2) is 17.2 Å². The fourth-order valence-corrected chi connectivity index (χ4v) is 4.73. The lowest BCUT2D eigenvalue weighted by molar-refractivity contribution is 0.382. The smallest absolute Gasteiger partial charge is 0.446 e. The van der Waals surface area contributed by atoms with Gasteiger partial charge in [0, 0.05) is 0 Å². The summed E-state index contributed by atoms with van der Waals surface area (Å²) in [5.41, 5.74) is 0. The second-order valence-electron chi connectivity index (χ2n) is 5.87. The average Bonchev–Trinajstić information content (AvgIpc) is 2.69. The van der Waals surface area contributed by atoms with E-state index >= 15 is 0 Å². The van der Waals surface area contributed by atoms with Crippen LogP contribution in [0, 0.1) is 0 Å². The molecule has 4 N–H and O–H groups in total. The van der Waals surface area contributed by atoms with E-state index in [-0.39, 0.29) is 9.79 Å². The molecule has 0 aromatic heterocycles. The molecule has 14 heteroatoms. The minimum atomic E-state index is -4.84. The van der Waals surface area contributed by atoms with Gasteiger partial charge in [0.05, 0.1) is 4.90 Å². The van der Waals surface area contributed by atoms with Gasteiger partial charge in [-0.25, -0.2) is 8.42 Å². The number of benzene rings is 3. The molecule has 0 radical (unpaired) electrons. The first-order chi connectivity index (χ1) is 14.7. The van der Waals surface area contributed by atoms with Gasteiger partial charge in [-0.15, -0.1) is 0 Å². The third-order valence-electron chi connectivity index (χ3n) is 3.64. The standard InChI is InChI=1S/C12H10O4S.C6H6O7S2/c13-10-7-4-8-11(12(10)14)17(15,16)9-5-2-1-3-6-9;7-14(8,9)6-4-2-1-3-5(6)13-15(10,11)12/h1-8,13-14H;1-4H,(H,7,8,9)(H,10,11,12). The molecule has 32 heavy (non-hydrogen) atoms. The van der Waals surface area contributed by atoms with Crippen LogP contribution in [0.5, 0.6) is 17.2 Å². The highest BCUT2D eigenvalue weighted by Gasteiger charge is 2.22. The predicted molar refractivity (Wildman–Crippen MR) is 110 cm³/mol. The summed E-state index contributed by atoms with van der Waals surface area (Å²) in [7, 11) is -13.2. The highest BCUT2D eigenvalue weighted by Crippen LogP contribution is 2.34. The van der Waals surface area contributed by atoms with Crippen LogP contribution in [-0.4, -0.2) is 44.6 Å². The van der Waals surface area contributed by atoms with Gasteiger partial charge < -0.3 is 14.4 Å². The molecule has 0 unspecified atom stereocenters. The van der Waals surface area contributed by atoms with E-state index in [1.165, 1.54) is 42.5 Å². The van der Waals surface area contributed by atoms with Crippen molar-refractivity contribution in [3.63, 3.8) is 0 Å². The molecular weight excluding hydrogens is 488 g/mol. The van der Waals surface area contributed by atoms with Gasteiger partial charge in [-0.05, 0) is 36.4 Å². The minimum Gasteiger partial charge on any atom is -0.504 e. The fourth-order valence-electron chi connectivity index (χ4n) is 2.30. The van der Waals surface area contributed by atoms with E-state index in [2.05, 4.69) is 4.18 Å². The zero-order valence-electron chi connectivity index (χ0n) is 15.8. The normalized spacial score (nSPS) is 11.8. The van der Waals surface area contributed by atoms with Gasteiger partial charge in [-0.1, -0.05) is 36.4 Å². The second-order valence-corrected chi connectivity index (χ2v) is 10.2. The predicted octanol–water partition coefficient (Wildman–Crippen LogP) is 2.05. The zero-order valence-corrected chi connectivity index (χ0v) is 18.2. The van der Waals surface area contributed by atoms with Crippen LogP contribution in [0.1, 0.15) is 0 Å². The Hall–Kier alpha value is -3.17. The van der Waals surface area contributed by atoms with Crippen molar-refractivity contribution in [3.05, 3.63) is 72.8 Å². The number of sulfone groups is 1. The molecule has 3 aromatic rings. The van der Waals surface area contributed by atoms with E-state index in [0.29, 0.717) is 0 Å². The summed E-state index contributed by atoms with van der Waals surface area (Å²) >= 11 is 0. The van der Waals surface area contributed by atoms with Crippen molar-refractivity contribution in [2.45, 2.75) is 14.7 Å². The van der Waals surface area contributed by atoms with Gasteiger partial charge in [-0.2, -0.15) is 16.8 Å². The van der Waals surface area contributed by atoms with Crippen molar-refractivity contribution < 1.29 is 48.8 Å². The van der Waals surface area contributed by atoms with Gasteiger partial charge in [0.25, 0.3) is 10.1 Å². The molecule has 0 atom stereocenters. The third kappa shape index (κ3) is 6.41. The maximum atomic E-state index is 12.1. The van der Waals surface area contributed by atoms with E-state index in [9.17, 15) is 35.5 Å². The van der Waals surface area contributed by atoms with Crippen LogP contribution < -0.4 is 4.18 Å². The summed E-state index contributed by atoms with van der Waals surface area (Å²) in [5, 5.41) is 18.9. The van der Waals surface area contributed by atoms with Crippen LogP contribution in [0.2, 0.25) is 0 Å². The first kappa shape index (κ1) is 25.1. The van der Waals surface area contributed by atoms with Crippen molar-refractivity contribution in [1.29, 1.82) is 0 Å². The van der Waals surface area contributed by atoms with Crippen LogP contribution >= 0.6 is 0 Å². The Morgan fingerprint density at radius 2 is 1.16 bits per heavy atom. The summed E-state index contributed by atoms with van der Waals surface area (Å²) in [6.07, 6.45) is 0. The molecule has 0 saturated carbocycles. The number of rotatable bonds is 5. The number of hydrogen-bond acceptors (Lipinski definition) is 9. The molecule has 0 spiro atoms. The fraction of sp³-hybridized carbons (Fsp3) is 0.